The second-order valence-electron chi connectivity index (χ2n) is 10.0. The Morgan fingerprint density at radius 3 is 2.11 bits per heavy atom. The maximum Gasteiger partial charge on any atom is 0.341 e. The van der Waals surface area contributed by atoms with E-state index < -0.39 is 23.2 Å². The van der Waals surface area contributed by atoms with Gasteiger partial charge >= 0.3 is 11.9 Å². The highest BCUT2D eigenvalue weighted by atomic mass is 19.1. The van der Waals surface area contributed by atoms with Crippen LogP contribution in [0.2, 0.25) is 0 Å². The zero-order valence-electron chi connectivity index (χ0n) is 21.0. The molecule has 10 heteroatoms. The van der Waals surface area contributed by atoms with Crippen LogP contribution in [0, 0.1) is 5.82 Å². The number of amides is 1. The highest BCUT2D eigenvalue weighted by Crippen LogP contribution is 2.38. The van der Waals surface area contributed by atoms with Crippen molar-refractivity contribution in [2.45, 2.75) is 70.3 Å². The van der Waals surface area contributed by atoms with Crippen LogP contribution < -0.4 is 10.3 Å². The van der Waals surface area contributed by atoms with Crippen molar-refractivity contribution >= 4 is 34.4 Å². The maximum atomic E-state index is 15.1. The second-order valence-corrected chi connectivity index (χ2v) is 10.0. The fourth-order valence-corrected chi connectivity index (χ4v) is 5.02. The van der Waals surface area contributed by atoms with E-state index in [-0.39, 0.29) is 29.3 Å². The smallest absolute Gasteiger partial charge is 0.341 e. The quantitative estimate of drug-likeness (QED) is 0.410. The summed E-state index contributed by atoms with van der Waals surface area (Å²) in [5, 5.41) is 18.1. The Kier molecular flexibility index (Phi) is 8.45. The van der Waals surface area contributed by atoms with Gasteiger partial charge in [0, 0.05) is 56.6 Å². The number of aromatic carboxylic acids is 1. The zero-order valence-corrected chi connectivity index (χ0v) is 21.0. The molecule has 2 aliphatic rings. The Bertz CT molecular complexity index is 1230. The molecule has 4 rings (SSSR count). The van der Waals surface area contributed by atoms with Gasteiger partial charge in [0.25, 0.3) is 0 Å². The first-order chi connectivity index (χ1) is 17.8. The molecule has 1 saturated carbocycles. The zero-order chi connectivity index (χ0) is 26.5. The number of anilines is 1. The molecule has 0 atom stereocenters. The molecule has 0 bridgehead atoms. The number of benzene rings is 1. The third kappa shape index (κ3) is 6.47. The SMILES string of the molecule is O=C(O)CCCCCCCCC(=O)N1CCN(c2cc3c(cc2F)c(=O)c(C(=O)O)cn3C2CC2)CC1. The van der Waals surface area contributed by atoms with Gasteiger partial charge in [0.15, 0.2) is 0 Å². The number of carbonyl (C=O) groups excluding carboxylic acids is 1. The number of hydrogen-bond donors (Lipinski definition) is 2. The average molecular weight is 516 g/mol. The normalized spacial score (nSPS) is 15.8. The molecule has 200 valence electrons. The Morgan fingerprint density at radius 1 is 0.892 bits per heavy atom. The van der Waals surface area contributed by atoms with Crippen LogP contribution in [0.4, 0.5) is 10.1 Å². The molecule has 37 heavy (non-hydrogen) atoms. The first-order valence-electron chi connectivity index (χ1n) is 13.1. The van der Waals surface area contributed by atoms with Crippen LogP contribution in [0.3, 0.4) is 0 Å². The highest BCUT2D eigenvalue weighted by molar-refractivity contribution is 5.93. The molecular weight excluding hydrogens is 481 g/mol. The Balaban J connectivity index is 1.33. The topological polar surface area (TPSA) is 120 Å². The lowest BCUT2D eigenvalue weighted by Gasteiger charge is -2.36. The van der Waals surface area contributed by atoms with Crippen LogP contribution >= 0.6 is 0 Å². The minimum absolute atomic E-state index is 0.0729. The van der Waals surface area contributed by atoms with Crippen molar-refractivity contribution in [1.29, 1.82) is 0 Å². The number of rotatable bonds is 12. The van der Waals surface area contributed by atoms with Crippen molar-refractivity contribution < 1.29 is 29.0 Å². The van der Waals surface area contributed by atoms with E-state index in [1.54, 1.807) is 10.6 Å². The average Bonchev–Trinajstić information content (AvgIpc) is 3.71. The molecule has 1 aliphatic carbocycles. The van der Waals surface area contributed by atoms with Crippen molar-refractivity contribution in [3.05, 3.63) is 39.9 Å². The number of carboxylic acids is 2. The number of aromatic nitrogens is 1. The third-order valence-electron chi connectivity index (χ3n) is 7.28. The Hall–Kier alpha value is -3.43. The number of pyridine rings is 1. The van der Waals surface area contributed by atoms with Crippen molar-refractivity contribution in [3.8, 4) is 0 Å². The minimum Gasteiger partial charge on any atom is -0.481 e. The van der Waals surface area contributed by atoms with Gasteiger partial charge in [-0.05, 0) is 37.8 Å². The molecule has 1 aliphatic heterocycles. The van der Waals surface area contributed by atoms with Gasteiger partial charge in [0.05, 0.1) is 11.2 Å². The second kappa shape index (κ2) is 11.7. The predicted octanol–water partition coefficient (Wildman–Crippen LogP) is 4.03. The Morgan fingerprint density at radius 2 is 1.51 bits per heavy atom. The Labute approximate surface area is 214 Å². The van der Waals surface area contributed by atoms with E-state index in [1.807, 2.05) is 9.80 Å². The van der Waals surface area contributed by atoms with Gasteiger partial charge in [-0.25, -0.2) is 9.18 Å². The molecule has 1 saturated heterocycles. The van der Waals surface area contributed by atoms with Crippen LogP contribution in [0.5, 0.6) is 0 Å². The van der Waals surface area contributed by atoms with E-state index in [9.17, 15) is 24.3 Å². The van der Waals surface area contributed by atoms with Crippen LogP contribution in [0.1, 0.15) is 80.6 Å². The number of unbranched alkanes of at least 4 members (excludes halogenated alkanes) is 5. The van der Waals surface area contributed by atoms with Crippen molar-refractivity contribution in [3.63, 3.8) is 0 Å². The van der Waals surface area contributed by atoms with Crippen molar-refractivity contribution in [1.82, 2.24) is 9.47 Å². The molecule has 2 fully saturated rings. The summed E-state index contributed by atoms with van der Waals surface area (Å²) < 4.78 is 16.9. The lowest BCUT2D eigenvalue weighted by molar-refractivity contribution is -0.137. The molecule has 9 nitrogen and oxygen atoms in total. The lowest BCUT2D eigenvalue weighted by atomic mass is 10.1. The van der Waals surface area contributed by atoms with Gasteiger partial charge in [-0.2, -0.15) is 0 Å². The number of hydrogen-bond acceptors (Lipinski definition) is 5. The van der Waals surface area contributed by atoms with E-state index in [0.29, 0.717) is 50.2 Å². The number of carbonyl (C=O) groups is 3. The summed E-state index contributed by atoms with van der Waals surface area (Å²) in [6, 6.07) is 2.90. The van der Waals surface area contributed by atoms with E-state index in [1.165, 1.54) is 6.20 Å². The monoisotopic (exact) mass is 515 g/mol. The fraction of sp³-hybridized carbons (Fsp3) is 0.556. The number of fused-ring (bicyclic) bond motifs is 1. The number of halogens is 1. The number of piperazine rings is 1. The lowest BCUT2D eigenvalue weighted by Crippen LogP contribution is -2.49. The minimum atomic E-state index is -1.32. The van der Waals surface area contributed by atoms with Gasteiger partial charge < -0.3 is 24.6 Å². The summed E-state index contributed by atoms with van der Waals surface area (Å²) in [5.74, 6) is -2.56. The predicted molar refractivity (Wildman–Crippen MR) is 137 cm³/mol. The van der Waals surface area contributed by atoms with Gasteiger partial charge in [0.2, 0.25) is 11.3 Å². The fourth-order valence-electron chi connectivity index (χ4n) is 5.02. The number of nitrogens with zero attached hydrogens (tertiary/aromatic N) is 3. The molecule has 0 spiro atoms. The first-order valence-corrected chi connectivity index (χ1v) is 13.1. The molecule has 1 aromatic carbocycles. The molecule has 0 unspecified atom stereocenters. The highest BCUT2D eigenvalue weighted by Gasteiger charge is 2.29. The van der Waals surface area contributed by atoms with Gasteiger partial charge in [-0.15, -0.1) is 0 Å². The van der Waals surface area contributed by atoms with E-state index in [4.69, 9.17) is 5.11 Å². The van der Waals surface area contributed by atoms with E-state index >= 15 is 4.39 Å². The van der Waals surface area contributed by atoms with Gasteiger partial charge in [-0.1, -0.05) is 25.7 Å². The van der Waals surface area contributed by atoms with E-state index in [2.05, 4.69) is 0 Å². The van der Waals surface area contributed by atoms with Crippen molar-refractivity contribution in [2.75, 3.05) is 31.1 Å². The summed E-state index contributed by atoms with van der Waals surface area (Å²) >= 11 is 0. The summed E-state index contributed by atoms with van der Waals surface area (Å²) in [6.07, 6.45) is 9.11. The molecule has 2 N–H and O–H groups in total. The van der Waals surface area contributed by atoms with Crippen LogP contribution in [0.15, 0.2) is 23.1 Å². The third-order valence-corrected chi connectivity index (χ3v) is 7.28. The largest absolute Gasteiger partial charge is 0.481 e. The number of carboxylic acid groups (broad SMARTS) is 2. The summed E-state index contributed by atoms with van der Waals surface area (Å²) in [4.78, 5) is 51.0. The molecular formula is C27H34FN3O6. The molecule has 2 aromatic rings. The first kappa shape index (κ1) is 26.6. The number of aliphatic carboxylic acids is 1. The molecule has 2 heterocycles. The summed E-state index contributed by atoms with van der Waals surface area (Å²) in [6.45, 7) is 1.91. The van der Waals surface area contributed by atoms with Gasteiger partial charge in [0.1, 0.15) is 11.4 Å². The molecule has 1 amide bonds. The van der Waals surface area contributed by atoms with Crippen LogP contribution in [0.25, 0.3) is 10.9 Å². The molecule has 1 aromatic heterocycles. The van der Waals surface area contributed by atoms with E-state index in [0.717, 1.165) is 51.0 Å². The standard InChI is InChI=1S/C27H34FN3O6/c28-21-15-19-22(31(18-9-10-18)17-20(26(19)35)27(36)37)16-23(21)29-11-13-30(14-12-29)24(32)7-5-3-1-2-4-6-8-25(33)34/h15-18H,1-14H2,(H,33,34)(H,36,37). The van der Waals surface area contributed by atoms with Gasteiger partial charge in [-0.3, -0.25) is 14.4 Å². The van der Waals surface area contributed by atoms with Crippen LogP contribution in [-0.4, -0.2) is 63.7 Å². The molecule has 0 radical (unpaired) electrons. The summed E-state index contributed by atoms with van der Waals surface area (Å²) in [5.41, 5.74) is -0.132. The summed E-state index contributed by atoms with van der Waals surface area (Å²) in [7, 11) is 0. The maximum absolute atomic E-state index is 15.1. The van der Waals surface area contributed by atoms with Crippen LogP contribution in [-0.2, 0) is 9.59 Å². The van der Waals surface area contributed by atoms with Crippen molar-refractivity contribution in [2.24, 2.45) is 0 Å².